The number of aliphatic hydroxyl groups is 1. The summed E-state index contributed by atoms with van der Waals surface area (Å²) in [6.45, 7) is 5.49. The van der Waals surface area contributed by atoms with E-state index in [0.29, 0.717) is 5.01 Å². The molecular formula is C11H11NO2S2. The number of rotatable bonds is 1. The van der Waals surface area contributed by atoms with Gasteiger partial charge in [-0.3, -0.25) is 4.79 Å². The molecule has 16 heavy (non-hydrogen) atoms. The molecule has 0 aliphatic heterocycles. The molecule has 0 saturated carbocycles. The van der Waals surface area contributed by atoms with Crippen molar-refractivity contribution in [3.8, 4) is 0 Å². The van der Waals surface area contributed by atoms with Crippen LogP contribution in [-0.4, -0.2) is 10.1 Å². The van der Waals surface area contributed by atoms with Crippen LogP contribution in [0.3, 0.4) is 0 Å². The molecule has 0 atom stereocenters. The molecule has 0 aromatic carbocycles. The normalized spacial score (nSPS) is 12.3. The summed E-state index contributed by atoms with van der Waals surface area (Å²) in [7, 11) is 0. The van der Waals surface area contributed by atoms with Crippen molar-refractivity contribution >= 4 is 39.0 Å². The first kappa shape index (κ1) is 11.3. The zero-order chi connectivity index (χ0) is 11.9. The Morgan fingerprint density at radius 1 is 1.38 bits per heavy atom. The summed E-state index contributed by atoms with van der Waals surface area (Å²) in [5.74, 6) is 0.160. The van der Waals surface area contributed by atoms with Gasteiger partial charge in [0, 0.05) is 11.0 Å². The zero-order valence-corrected chi connectivity index (χ0v) is 10.8. The van der Waals surface area contributed by atoms with Gasteiger partial charge in [0.25, 0.3) is 0 Å². The van der Waals surface area contributed by atoms with E-state index in [4.69, 9.17) is 5.11 Å². The summed E-state index contributed by atoms with van der Waals surface area (Å²) >= 11 is 2.59. The first-order chi connectivity index (χ1) is 7.49. The van der Waals surface area contributed by atoms with E-state index in [1.54, 1.807) is 6.92 Å². The molecule has 2 rings (SSSR count). The van der Waals surface area contributed by atoms with Gasteiger partial charge < -0.3 is 5.11 Å². The molecule has 0 fully saturated rings. The van der Waals surface area contributed by atoms with Crippen LogP contribution in [0.2, 0.25) is 0 Å². The van der Waals surface area contributed by atoms with Crippen molar-refractivity contribution in [2.75, 3.05) is 0 Å². The molecule has 0 aliphatic carbocycles. The van der Waals surface area contributed by atoms with Crippen LogP contribution in [0.15, 0.2) is 10.6 Å². The lowest BCUT2D eigenvalue weighted by molar-refractivity contribution is 0.420. The summed E-state index contributed by atoms with van der Waals surface area (Å²) < 4.78 is 0.0133. The van der Waals surface area contributed by atoms with Gasteiger partial charge in [0.15, 0.2) is 0 Å². The Bertz CT molecular complexity index is 633. The van der Waals surface area contributed by atoms with Gasteiger partial charge in [0.05, 0.1) is 11.1 Å². The van der Waals surface area contributed by atoms with E-state index in [1.165, 1.54) is 17.4 Å². The Kier molecular flexibility index (Phi) is 2.82. The van der Waals surface area contributed by atoms with Crippen LogP contribution >= 0.6 is 22.7 Å². The SMILES string of the molecule is CC(O)=Cc1nc2sc(C)c(C)c2c(=O)s1. The highest BCUT2D eigenvalue weighted by molar-refractivity contribution is 7.19. The monoisotopic (exact) mass is 253 g/mol. The molecule has 0 spiro atoms. The fourth-order valence-electron chi connectivity index (χ4n) is 1.44. The Labute approximate surface area is 101 Å². The van der Waals surface area contributed by atoms with E-state index >= 15 is 0 Å². The summed E-state index contributed by atoms with van der Waals surface area (Å²) in [6.07, 6.45) is 1.51. The molecule has 5 heteroatoms. The maximum atomic E-state index is 11.9. The summed E-state index contributed by atoms with van der Waals surface area (Å²) in [5.41, 5.74) is 1.02. The Morgan fingerprint density at radius 3 is 2.69 bits per heavy atom. The molecule has 0 saturated heterocycles. The fourth-order valence-corrected chi connectivity index (χ4v) is 3.51. The highest BCUT2D eigenvalue weighted by Gasteiger charge is 2.11. The number of aromatic nitrogens is 1. The summed E-state index contributed by atoms with van der Waals surface area (Å²) in [6, 6.07) is 0. The molecule has 0 aliphatic rings. The summed E-state index contributed by atoms with van der Waals surface area (Å²) in [5, 5.41) is 10.4. The second-order valence-corrected chi connectivity index (χ2v) is 5.79. The minimum absolute atomic E-state index is 0.0133. The van der Waals surface area contributed by atoms with Gasteiger partial charge in [-0.2, -0.15) is 0 Å². The average molecular weight is 253 g/mol. The lowest BCUT2D eigenvalue weighted by Crippen LogP contribution is -1.97. The predicted molar refractivity (Wildman–Crippen MR) is 69.5 cm³/mol. The first-order valence-corrected chi connectivity index (χ1v) is 6.40. The van der Waals surface area contributed by atoms with Crippen molar-refractivity contribution < 1.29 is 5.11 Å². The van der Waals surface area contributed by atoms with Gasteiger partial charge in [-0.1, -0.05) is 11.3 Å². The molecule has 2 aromatic rings. The van der Waals surface area contributed by atoms with Gasteiger partial charge in [0.1, 0.15) is 9.84 Å². The molecule has 2 heterocycles. The number of allylic oxidation sites excluding steroid dienone is 1. The molecule has 0 amide bonds. The van der Waals surface area contributed by atoms with Crippen molar-refractivity contribution in [3.05, 3.63) is 30.7 Å². The molecule has 84 valence electrons. The molecule has 0 radical (unpaired) electrons. The van der Waals surface area contributed by atoms with E-state index in [2.05, 4.69) is 4.98 Å². The molecule has 0 bridgehead atoms. The number of aliphatic hydroxyl groups excluding tert-OH is 1. The molecule has 3 nitrogen and oxygen atoms in total. The average Bonchev–Trinajstić information content (AvgIpc) is 2.41. The zero-order valence-electron chi connectivity index (χ0n) is 9.20. The van der Waals surface area contributed by atoms with Gasteiger partial charge in [-0.25, -0.2) is 4.98 Å². The lowest BCUT2D eigenvalue weighted by Gasteiger charge is -1.93. The van der Waals surface area contributed by atoms with E-state index in [0.717, 1.165) is 32.0 Å². The van der Waals surface area contributed by atoms with Crippen molar-refractivity contribution in [1.82, 2.24) is 4.98 Å². The molecule has 0 unspecified atom stereocenters. The highest BCUT2D eigenvalue weighted by Crippen LogP contribution is 2.27. The summed E-state index contributed by atoms with van der Waals surface area (Å²) in [4.78, 5) is 18.1. The molecule has 2 aromatic heterocycles. The third-order valence-electron chi connectivity index (χ3n) is 2.31. The third-order valence-corrected chi connectivity index (χ3v) is 4.22. The van der Waals surface area contributed by atoms with Crippen molar-refractivity contribution in [1.29, 1.82) is 0 Å². The predicted octanol–water partition coefficient (Wildman–Crippen LogP) is 3.25. The second kappa shape index (κ2) is 3.99. The quantitative estimate of drug-likeness (QED) is 0.794. The number of thiophene rings is 1. The van der Waals surface area contributed by atoms with Crippen LogP contribution in [0.5, 0.6) is 0 Å². The molecule has 1 N–H and O–H groups in total. The number of hydrogen-bond donors (Lipinski definition) is 1. The Morgan fingerprint density at radius 2 is 2.06 bits per heavy atom. The second-order valence-electron chi connectivity index (χ2n) is 3.59. The van der Waals surface area contributed by atoms with Gasteiger partial charge in [-0.05, 0) is 26.3 Å². The number of fused-ring (bicyclic) bond motifs is 1. The van der Waals surface area contributed by atoms with Crippen molar-refractivity contribution in [2.45, 2.75) is 20.8 Å². The third kappa shape index (κ3) is 1.88. The maximum absolute atomic E-state index is 11.9. The van der Waals surface area contributed by atoms with E-state index in [1.807, 2.05) is 13.8 Å². The minimum atomic E-state index is 0.0133. The Balaban J connectivity index is 2.79. The van der Waals surface area contributed by atoms with Crippen molar-refractivity contribution in [2.24, 2.45) is 0 Å². The molecular weight excluding hydrogens is 242 g/mol. The minimum Gasteiger partial charge on any atom is -0.513 e. The van der Waals surface area contributed by atoms with Crippen LogP contribution in [0.4, 0.5) is 0 Å². The lowest BCUT2D eigenvalue weighted by atomic mass is 10.2. The number of hydrogen-bond acceptors (Lipinski definition) is 5. The van der Waals surface area contributed by atoms with Crippen LogP contribution in [0.1, 0.15) is 22.4 Å². The van der Waals surface area contributed by atoms with E-state index in [-0.39, 0.29) is 10.5 Å². The standard InChI is InChI=1S/C11H11NO2S2/c1-5(13)4-8-12-10-9(11(14)16-8)6(2)7(3)15-10/h4,13H,1-3H3. The van der Waals surface area contributed by atoms with Gasteiger partial charge in [-0.15, -0.1) is 11.3 Å². The van der Waals surface area contributed by atoms with E-state index in [9.17, 15) is 4.79 Å². The maximum Gasteiger partial charge on any atom is 0.244 e. The van der Waals surface area contributed by atoms with E-state index < -0.39 is 0 Å². The number of aryl methyl sites for hydroxylation is 2. The van der Waals surface area contributed by atoms with Crippen LogP contribution in [-0.2, 0) is 0 Å². The number of nitrogens with zero attached hydrogens (tertiary/aromatic N) is 1. The Hall–Kier alpha value is -1.20. The fraction of sp³-hybridized carbons (Fsp3) is 0.273. The van der Waals surface area contributed by atoms with Gasteiger partial charge >= 0.3 is 0 Å². The smallest absolute Gasteiger partial charge is 0.244 e. The van der Waals surface area contributed by atoms with Crippen LogP contribution < -0.4 is 4.74 Å². The van der Waals surface area contributed by atoms with Crippen LogP contribution in [0.25, 0.3) is 16.3 Å². The van der Waals surface area contributed by atoms with Gasteiger partial charge in [0.2, 0.25) is 4.74 Å². The van der Waals surface area contributed by atoms with Crippen LogP contribution in [0, 0.1) is 13.8 Å². The first-order valence-electron chi connectivity index (χ1n) is 4.77. The van der Waals surface area contributed by atoms with Crippen molar-refractivity contribution in [3.63, 3.8) is 0 Å². The topological polar surface area (TPSA) is 50.2 Å². The highest BCUT2D eigenvalue weighted by atomic mass is 32.1. The largest absolute Gasteiger partial charge is 0.513 e.